The standard InChI is InChI=1S/C26H20NO.C19H36O2.Ir/c1-26(2)23-17(21-15-14-16-8-3-5-12-20(16)27-21)10-7-11-19(23)25-24(26)18-9-4-6-13-22(18)28-25;1-12(2)18(9,13(3)4)16(20)11-17(21)19(10,14(5)6)15(7)8;/h3-9,11-15,24-25H,1-2H3;11-15,20H,1-10H3;/q-1;;/b;16-11-;. The second-order valence-electron chi connectivity index (χ2n) is 16.4. The number of ether oxygens (including phenoxy) is 1. The molecule has 0 fully saturated rings. The molecule has 269 valence electrons. The van der Waals surface area contributed by atoms with Crippen molar-refractivity contribution in [1.82, 2.24) is 4.98 Å². The van der Waals surface area contributed by atoms with Gasteiger partial charge in [0.2, 0.25) is 0 Å². The van der Waals surface area contributed by atoms with E-state index in [1.807, 2.05) is 26.0 Å². The van der Waals surface area contributed by atoms with Crippen LogP contribution in [0.2, 0.25) is 0 Å². The molecule has 1 aromatic heterocycles. The summed E-state index contributed by atoms with van der Waals surface area (Å²) >= 11 is 0. The van der Waals surface area contributed by atoms with Gasteiger partial charge in [-0.05, 0) is 52.3 Å². The number of aliphatic hydroxyl groups excluding tert-OH is 1. The van der Waals surface area contributed by atoms with Crippen molar-refractivity contribution < 1.29 is 34.7 Å². The van der Waals surface area contributed by atoms with Gasteiger partial charge in [-0.1, -0.05) is 137 Å². The maximum atomic E-state index is 12.8. The van der Waals surface area contributed by atoms with Gasteiger partial charge >= 0.3 is 0 Å². The predicted octanol–water partition coefficient (Wildman–Crippen LogP) is 11.8. The number of allylic oxidation sites excluding steroid dienone is 2. The number of benzene rings is 3. The normalized spacial score (nSPS) is 18.0. The van der Waals surface area contributed by atoms with Crippen molar-refractivity contribution >= 4 is 16.7 Å². The topological polar surface area (TPSA) is 59.4 Å². The Morgan fingerprint density at radius 2 is 1.40 bits per heavy atom. The van der Waals surface area contributed by atoms with Gasteiger partial charge in [-0.15, -0.1) is 29.3 Å². The van der Waals surface area contributed by atoms with Crippen LogP contribution in [0.1, 0.15) is 112 Å². The van der Waals surface area contributed by atoms with E-state index in [-0.39, 0.29) is 72.3 Å². The van der Waals surface area contributed by atoms with Crippen LogP contribution in [-0.2, 0) is 30.3 Å². The summed E-state index contributed by atoms with van der Waals surface area (Å²) in [5, 5.41) is 11.8. The Bertz CT molecular complexity index is 1850. The third-order valence-electron chi connectivity index (χ3n) is 12.6. The zero-order chi connectivity index (χ0) is 36.1. The molecule has 0 spiro atoms. The van der Waals surface area contributed by atoms with E-state index in [4.69, 9.17) is 9.72 Å². The molecule has 4 nitrogen and oxygen atoms in total. The number of carbonyl (C=O) groups excluding carboxylic acids is 1. The number of pyridine rings is 1. The smallest absolute Gasteiger partial charge is 0.165 e. The number of hydrogen-bond donors (Lipinski definition) is 1. The third kappa shape index (κ3) is 6.61. The van der Waals surface area contributed by atoms with Gasteiger partial charge in [-0.2, -0.15) is 0 Å². The number of fused-ring (bicyclic) bond motifs is 6. The molecule has 0 saturated carbocycles. The van der Waals surface area contributed by atoms with Crippen molar-refractivity contribution in [1.29, 1.82) is 0 Å². The minimum absolute atomic E-state index is 0. The number of para-hydroxylation sites is 2. The molecule has 50 heavy (non-hydrogen) atoms. The number of hydrogen-bond acceptors (Lipinski definition) is 4. The van der Waals surface area contributed by atoms with E-state index in [9.17, 15) is 9.90 Å². The summed E-state index contributed by atoms with van der Waals surface area (Å²) in [5.74, 6) is 2.61. The molecule has 0 amide bonds. The molecule has 2 atom stereocenters. The van der Waals surface area contributed by atoms with Gasteiger partial charge in [0.15, 0.2) is 5.78 Å². The molecule has 4 aromatic rings. The number of aliphatic hydroxyl groups is 1. The molecular weight excluding hydrogens is 795 g/mol. The summed E-state index contributed by atoms with van der Waals surface area (Å²) in [6.07, 6.45) is 1.57. The number of nitrogens with zero attached hydrogens (tertiary/aromatic N) is 1. The van der Waals surface area contributed by atoms with Gasteiger partial charge in [0.05, 0.1) is 5.52 Å². The molecule has 2 unspecified atom stereocenters. The molecule has 1 aliphatic heterocycles. The fourth-order valence-corrected chi connectivity index (χ4v) is 8.16. The van der Waals surface area contributed by atoms with Crippen LogP contribution < -0.4 is 4.74 Å². The van der Waals surface area contributed by atoms with Crippen molar-refractivity contribution in [2.24, 2.45) is 34.5 Å². The van der Waals surface area contributed by atoms with Crippen molar-refractivity contribution in [3.8, 4) is 17.0 Å². The molecule has 1 radical (unpaired) electrons. The van der Waals surface area contributed by atoms with Gasteiger partial charge in [0.25, 0.3) is 0 Å². The summed E-state index contributed by atoms with van der Waals surface area (Å²) in [5.41, 5.74) is 6.13. The van der Waals surface area contributed by atoms with Crippen LogP contribution in [0.25, 0.3) is 22.2 Å². The van der Waals surface area contributed by atoms with E-state index >= 15 is 0 Å². The monoisotopic (exact) mass is 851 g/mol. The minimum Gasteiger partial charge on any atom is -0.512 e. The Labute approximate surface area is 314 Å². The summed E-state index contributed by atoms with van der Waals surface area (Å²) in [7, 11) is 0. The summed E-state index contributed by atoms with van der Waals surface area (Å²) in [4.78, 5) is 17.8. The average molecular weight is 851 g/mol. The van der Waals surface area contributed by atoms with Crippen LogP contribution in [0, 0.1) is 40.6 Å². The molecule has 6 rings (SSSR count). The molecule has 2 aliphatic rings. The van der Waals surface area contributed by atoms with Crippen molar-refractivity contribution in [3.63, 3.8) is 0 Å². The fraction of sp³-hybridized carbons (Fsp3) is 0.467. The summed E-state index contributed by atoms with van der Waals surface area (Å²) in [6, 6.07) is 28.7. The number of rotatable bonds is 8. The van der Waals surface area contributed by atoms with Crippen molar-refractivity contribution in [2.45, 2.75) is 101 Å². The van der Waals surface area contributed by atoms with Crippen LogP contribution in [0.15, 0.2) is 84.6 Å². The first-order chi connectivity index (χ1) is 23.0. The molecule has 0 saturated heterocycles. The quantitative estimate of drug-likeness (QED) is 0.109. The zero-order valence-electron chi connectivity index (χ0n) is 32.0. The van der Waals surface area contributed by atoms with Gasteiger partial charge in [0, 0.05) is 48.5 Å². The van der Waals surface area contributed by atoms with E-state index in [0.29, 0.717) is 5.92 Å². The molecule has 0 bridgehead atoms. The first-order valence-corrected chi connectivity index (χ1v) is 18.1. The molecule has 1 N–H and O–H groups in total. The zero-order valence-corrected chi connectivity index (χ0v) is 34.4. The van der Waals surface area contributed by atoms with Crippen LogP contribution in [-0.4, -0.2) is 15.9 Å². The van der Waals surface area contributed by atoms with E-state index in [1.165, 1.54) is 22.8 Å². The van der Waals surface area contributed by atoms with E-state index < -0.39 is 5.41 Å². The Morgan fingerprint density at radius 1 is 0.820 bits per heavy atom. The van der Waals surface area contributed by atoms with Crippen LogP contribution in [0.3, 0.4) is 0 Å². The van der Waals surface area contributed by atoms with Crippen LogP contribution in [0.5, 0.6) is 5.75 Å². The molecule has 3 aromatic carbocycles. The summed E-state index contributed by atoms with van der Waals surface area (Å²) in [6.45, 7) is 25.4. The van der Waals surface area contributed by atoms with Crippen LogP contribution >= 0.6 is 0 Å². The number of carbonyl (C=O) groups is 1. The Hall–Kier alpha value is -3.27. The van der Waals surface area contributed by atoms with E-state index in [1.54, 1.807) is 0 Å². The van der Waals surface area contributed by atoms with Crippen LogP contribution in [0.4, 0.5) is 0 Å². The molecule has 5 heteroatoms. The van der Waals surface area contributed by atoms with E-state index in [0.717, 1.165) is 27.9 Å². The average Bonchev–Trinajstić information content (AvgIpc) is 3.56. The van der Waals surface area contributed by atoms with Crippen molar-refractivity contribution in [3.05, 3.63) is 107 Å². The maximum Gasteiger partial charge on any atom is 0.165 e. The molecule has 1 aliphatic carbocycles. The largest absolute Gasteiger partial charge is 0.512 e. The van der Waals surface area contributed by atoms with Gasteiger partial charge < -0.3 is 9.84 Å². The first-order valence-electron chi connectivity index (χ1n) is 18.1. The molecular formula is C45H56IrNO3-. The predicted molar refractivity (Wildman–Crippen MR) is 203 cm³/mol. The third-order valence-corrected chi connectivity index (χ3v) is 12.6. The Balaban J connectivity index is 0.000000232. The van der Waals surface area contributed by atoms with E-state index in [2.05, 4.69) is 136 Å². The minimum atomic E-state index is -0.442. The second kappa shape index (κ2) is 14.8. The fourth-order valence-electron chi connectivity index (χ4n) is 8.16. The van der Waals surface area contributed by atoms with Crippen molar-refractivity contribution in [2.75, 3.05) is 0 Å². The molecule has 2 heterocycles. The second-order valence-corrected chi connectivity index (χ2v) is 16.4. The van der Waals surface area contributed by atoms with Gasteiger partial charge in [-0.25, -0.2) is 0 Å². The SMILES string of the molecule is CC(C)C(C)(C(=O)/C=C(\O)C(C)(C(C)C)C(C)C)C(C)C.CC1(C)c2c(-c3ccc4ccccc4n3)[c-]ccc2C2Oc3ccccc3C21.[Ir]. The Morgan fingerprint density at radius 3 is 2.02 bits per heavy atom. The van der Waals surface area contributed by atoms with Gasteiger partial charge in [0.1, 0.15) is 17.6 Å². The maximum absolute atomic E-state index is 12.8. The summed E-state index contributed by atoms with van der Waals surface area (Å²) < 4.78 is 6.42. The Kier molecular flexibility index (Phi) is 11.7. The first kappa shape index (κ1) is 39.5. The van der Waals surface area contributed by atoms with Gasteiger partial charge in [-0.3, -0.25) is 9.78 Å². The number of ketones is 1. The number of aromatic nitrogens is 1.